The molecule has 0 bridgehead atoms. The maximum absolute atomic E-state index is 8.88. The van der Waals surface area contributed by atoms with Gasteiger partial charge in [0.25, 0.3) is 0 Å². The Bertz CT molecular complexity index is 51.5. The van der Waals surface area contributed by atoms with Crippen molar-refractivity contribution in [3.63, 3.8) is 0 Å². The van der Waals surface area contributed by atoms with Crippen LogP contribution in [0, 0.1) is 0 Å². The molecule has 1 N–H and O–H groups in total. The molecule has 2 heteroatoms. The first-order valence-corrected chi connectivity index (χ1v) is 4.66. The standard InChI is InChI=1S/C6H15NO.C3H8/c1-3-5-7(8)6-4-2;1-3-2/h8H,3-6H2,1-2H3;3H2,1-2H3. The predicted molar refractivity (Wildman–Crippen MR) is 49.9 cm³/mol. The molecule has 0 saturated heterocycles. The maximum Gasteiger partial charge on any atom is 0.0235 e. The summed E-state index contributed by atoms with van der Waals surface area (Å²) in [6.45, 7) is 9.96. The van der Waals surface area contributed by atoms with E-state index < -0.39 is 0 Å². The molecule has 0 spiro atoms. The normalized spacial score (nSPS) is 9.27. The van der Waals surface area contributed by atoms with Crippen LogP contribution in [0.15, 0.2) is 0 Å². The van der Waals surface area contributed by atoms with Crippen molar-refractivity contribution in [1.29, 1.82) is 0 Å². The Morgan fingerprint density at radius 3 is 1.36 bits per heavy atom. The highest BCUT2D eigenvalue weighted by Crippen LogP contribution is 1.86. The average molecular weight is 161 g/mol. The third-order valence-electron chi connectivity index (χ3n) is 0.963. The Hall–Kier alpha value is -0.0800. The van der Waals surface area contributed by atoms with Gasteiger partial charge in [-0.3, -0.25) is 0 Å². The molecule has 0 atom stereocenters. The zero-order valence-electron chi connectivity index (χ0n) is 8.43. The lowest BCUT2D eigenvalue weighted by atomic mass is 10.4. The summed E-state index contributed by atoms with van der Waals surface area (Å²) in [4.78, 5) is 0. The summed E-state index contributed by atoms with van der Waals surface area (Å²) in [6, 6.07) is 0. The quantitative estimate of drug-likeness (QED) is 0.641. The van der Waals surface area contributed by atoms with Gasteiger partial charge in [-0.2, -0.15) is 5.06 Å². The molecule has 0 radical (unpaired) electrons. The highest BCUT2D eigenvalue weighted by atomic mass is 16.5. The van der Waals surface area contributed by atoms with Crippen molar-refractivity contribution < 1.29 is 5.21 Å². The van der Waals surface area contributed by atoms with Crippen LogP contribution in [0.5, 0.6) is 0 Å². The summed E-state index contributed by atoms with van der Waals surface area (Å²) >= 11 is 0. The van der Waals surface area contributed by atoms with Crippen molar-refractivity contribution in [2.24, 2.45) is 0 Å². The van der Waals surface area contributed by atoms with Crippen molar-refractivity contribution in [2.45, 2.75) is 47.0 Å². The van der Waals surface area contributed by atoms with Crippen LogP contribution in [-0.2, 0) is 0 Å². The van der Waals surface area contributed by atoms with E-state index in [1.165, 1.54) is 11.5 Å². The monoisotopic (exact) mass is 161 g/mol. The van der Waals surface area contributed by atoms with E-state index in [9.17, 15) is 0 Å². The van der Waals surface area contributed by atoms with Gasteiger partial charge in [-0.15, -0.1) is 0 Å². The second-order valence-electron chi connectivity index (χ2n) is 2.66. The van der Waals surface area contributed by atoms with Crippen molar-refractivity contribution in [3.8, 4) is 0 Å². The van der Waals surface area contributed by atoms with E-state index >= 15 is 0 Å². The molecule has 0 aliphatic heterocycles. The Morgan fingerprint density at radius 1 is 0.909 bits per heavy atom. The fourth-order valence-electron chi connectivity index (χ4n) is 0.628. The van der Waals surface area contributed by atoms with Crippen LogP contribution in [-0.4, -0.2) is 23.4 Å². The highest BCUT2D eigenvalue weighted by Gasteiger charge is 1.92. The lowest BCUT2D eigenvalue weighted by molar-refractivity contribution is -0.0900. The molecule has 0 aromatic carbocycles. The maximum atomic E-state index is 8.88. The predicted octanol–water partition coefficient (Wildman–Crippen LogP) is 2.91. The number of rotatable bonds is 4. The highest BCUT2D eigenvalue weighted by molar-refractivity contribution is 4.38. The molecule has 0 aliphatic rings. The second-order valence-corrected chi connectivity index (χ2v) is 2.66. The molecule has 11 heavy (non-hydrogen) atoms. The van der Waals surface area contributed by atoms with Gasteiger partial charge in [0.2, 0.25) is 0 Å². The van der Waals surface area contributed by atoms with Crippen LogP contribution in [0.4, 0.5) is 0 Å². The molecule has 0 heterocycles. The molecule has 0 fully saturated rings. The lowest BCUT2D eigenvalue weighted by Gasteiger charge is -2.10. The molecule has 70 valence electrons. The Labute approximate surface area is 71.2 Å². The third kappa shape index (κ3) is 17.8. The second kappa shape index (κ2) is 12.6. The third-order valence-corrected chi connectivity index (χ3v) is 0.963. The fraction of sp³-hybridized carbons (Fsp3) is 1.00. The van der Waals surface area contributed by atoms with Crippen molar-refractivity contribution in [3.05, 3.63) is 0 Å². The molecule has 0 unspecified atom stereocenters. The molecule has 0 saturated carbocycles. The molecule has 0 aromatic rings. The van der Waals surface area contributed by atoms with Gasteiger partial charge < -0.3 is 5.21 Å². The molecule has 0 aliphatic carbocycles. The van der Waals surface area contributed by atoms with Crippen LogP contribution in [0.3, 0.4) is 0 Å². The van der Waals surface area contributed by atoms with Crippen molar-refractivity contribution in [2.75, 3.05) is 13.1 Å². The van der Waals surface area contributed by atoms with E-state index in [1.54, 1.807) is 0 Å². The first kappa shape index (κ1) is 13.5. The van der Waals surface area contributed by atoms with Gasteiger partial charge in [0.05, 0.1) is 0 Å². The van der Waals surface area contributed by atoms with E-state index in [0.717, 1.165) is 25.9 Å². The number of hydrogen-bond donors (Lipinski definition) is 1. The molecule has 2 nitrogen and oxygen atoms in total. The van der Waals surface area contributed by atoms with Crippen LogP contribution < -0.4 is 0 Å². The van der Waals surface area contributed by atoms with Crippen LogP contribution in [0.25, 0.3) is 0 Å². The van der Waals surface area contributed by atoms with Crippen molar-refractivity contribution >= 4 is 0 Å². The van der Waals surface area contributed by atoms with E-state index in [4.69, 9.17) is 5.21 Å². The van der Waals surface area contributed by atoms with Gasteiger partial charge in [-0.1, -0.05) is 34.1 Å². The number of hydrogen-bond acceptors (Lipinski definition) is 2. The SMILES string of the molecule is CCC.CCCN(O)CCC. The average Bonchev–Trinajstić information content (AvgIpc) is 1.90. The van der Waals surface area contributed by atoms with Gasteiger partial charge in [0.15, 0.2) is 0 Å². The fourth-order valence-corrected chi connectivity index (χ4v) is 0.628. The molecule has 0 amide bonds. The van der Waals surface area contributed by atoms with Crippen LogP contribution in [0.2, 0.25) is 0 Å². The summed E-state index contributed by atoms with van der Waals surface area (Å²) in [7, 11) is 0. The zero-order chi connectivity index (χ0) is 9.11. The molecular weight excluding hydrogens is 138 g/mol. The van der Waals surface area contributed by atoms with Crippen LogP contribution in [0.1, 0.15) is 47.0 Å². The van der Waals surface area contributed by atoms with E-state index in [-0.39, 0.29) is 0 Å². The Balaban J connectivity index is 0. The van der Waals surface area contributed by atoms with Gasteiger partial charge >= 0.3 is 0 Å². The molecular formula is C9H23NO. The zero-order valence-corrected chi connectivity index (χ0v) is 8.43. The first-order valence-electron chi connectivity index (χ1n) is 4.66. The minimum absolute atomic E-state index is 0.799. The van der Waals surface area contributed by atoms with E-state index in [1.807, 2.05) is 0 Å². The number of nitrogens with zero attached hydrogens (tertiary/aromatic N) is 1. The molecule has 0 rings (SSSR count). The summed E-state index contributed by atoms with van der Waals surface area (Å²) < 4.78 is 0. The summed E-state index contributed by atoms with van der Waals surface area (Å²) in [5, 5.41) is 10.2. The summed E-state index contributed by atoms with van der Waals surface area (Å²) in [5.41, 5.74) is 0. The molecule has 0 aromatic heterocycles. The smallest absolute Gasteiger partial charge is 0.0235 e. The topological polar surface area (TPSA) is 23.5 Å². The minimum atomic E-state index is 0.799. The first-order chi connectivity index (χ1) is 5.22. The Kier molecular flexibility index (Phi) is 15.4. The number of hydroxylamine groups is 2. The summed E-state index contributed by atoms with van der Waals surface area (Å²) in [6.07, 6.45) is 3.30. The lowest BCUT2D eigenvalue weighted by Crippen LogP contribution is -2.20. The van der Waals surface area contributed by atoms with Crippen LogP contribution >= 0.6 is 0 Å². The van der Waals surface area contributed by atoms with Crippen molar-refractivity contribution in [1.82, 2.24) is 5.06 Å². The van der Waals surface area contributed by atoms with Gasteiger partial charge in [-0.25, -0.2) is 0 Å². The largest absolute Gasteiger partial charge is 0.314 e. The van der Waals surface area contributed by atoms with Gasteiger partial charge in [-0.05, 0) is 12.8 Å². The van der Waals surface area contributed by atoms with E-state index in [2.05, 4.69) is 27.7 Å². The van der Waals surface area contributed by atoms with Gasteiger partial charge in [0, 0.05) is 13.1 Å². The van der Waals surface area contributed by atoms with Gasteiger partial charge in [0.1, 0.15) is 0 Å². The minimum Gasteiger partial charge on any atom is -0.314 e. The van der Waals surface area contributed by atoms with E-state index in [0.29, 0.717) is 0 Å². The summed E-state index contributed by atoms with van der Waals surface area (Å²) in [5.74, 6) is 0. The Morgan fingerprint density at radius 2 is 1.18 bits per heavy atom.